The van der Waals surface area contributed by atoms with Crippen LogP contribution < -0.4 is 14.4 Å². The van der Waals surface area contributed by atoms with Gasteiger partial charge in [0.1, 0.15) is 18.3 Å². The monoisotopic (exact) mass is 619 g/mol. The number of rotatable bonds is 12. The molecule has 0 spiro atoms. The number of hydrogen-bond donors (Lipinski definition) is 1. The molecular formula is C35H45N3O5S. The lowest BCUT2D eigenvalue weighted by molar-refractivity contribution is -0.140. The van der Waals surface area contributed by atoms with Gasteiger partial charge in [0.2, 0.25) is 11.8 Å². The first-order valence-electron chi connectivity index (χ1n) is 15.4. The van der Waals surface area contributed by atoms with E-state index in [-0.39, 0.29) is 23.4 Å². The summed E-state index contributed by atoms with van der Waals surface area (Å²) in [6.45, 7) is 7.20. The smallest absolute Gasteiger partial charge is 0.264 e. The Hall–Kier alpha value is -3.85. The molecule has 0 saturated heterocycles. The van der Waals surface area contributed by atoms with Crippen molar-refractivity contribution in [3.05, 3.63) is 89.0 Å². The number of nitrogens with zero attached hydrogens (tertiary/aromatic N) is 2. The van der Waals surface area contributed by atoms with E-state index >= 15 is 0 Å². The number of ether oxygens (including phenoxy) is 1. The molecule has 1 saturated carbocycles. The summed E-state index contributed by atoms with van der Waals surface area (Å²) in [5, 5.41) is 3.19. The van der Waals surface area contributed by atoms with Crippen molar-refractivity contribution in [2.75, 3.05) is 18.0 Å². The second kappa shape index (κ2) is 14.8. The number of amides is 2. The van der Waals surface area contributed by atoms with Crippen LogP contribution in [-0.2, 0) is 26.2 Å². The normalized spacial score (nSPS) is 14.5. The molecule has 0 radical (unpaired) electrons. The Morgan fingerprint density at radius 2 is 1.64 bits per heavy atom. The van der Waals surface area contributed by atoms with Crippen molar-refractivity contribution in [1.29, 1.82) is 0 Å². The van der Waals surface area contributed by atoms with E-state index in [1.165, 1.54) is 9.21 Å². The molecule has 9 heteroatoms. The fourth-order valence-corrected chi connectivity index (χ4v) is 7.26. The van der Waals surface area contributed by atoms with Crippen LogP contribution in [0.4, 0.5) is 5.69 Å². The maximum atomic E-state index is 14.4. The van der Waals surface area contributed by atoms with E-state index in [0.29, 0.717) is 17.9 Å². The van der Waals surface area contributed by atoms with E-state index in [4.69, 9.17) is 4.74 Å². The zero-order valence-corrected chi connectivity index (χ0v) is 27.3. The minimum atomic E-state index is -4.13. The molecule has 2 amide bonds. The zero-order valence-electron chi connectivity index (χ0n) is 26.5. The molecule has 1 aliphatic carbocycles. The summed E-state index contributed by atoms with van der Waals surface area (Å²) in [4.78, 5) is 29.8. The lowest BCUT2D eigenvalue weighted by Gasteiger charge is -2.35. The molecule has 1 fully saturated rings. The molecule has 0 heterocycles. The molecule has 0 bridgehead atoms. The van der Waals surface area contributed by atoms with Gasteiger partial charge in [0, 0.05) is 12.6 Å². The van der Waals surface area contributed by atoms with Crippen molar-refractivity contribution in [1.82, 2.24) is 10.2 Å². The number of carbonyl (C=O) groups is 2. The first-order chi connectivity index (χ1) is 21.0. The Labute approximate surface area is 262 Å². The summed E-state index contributed by atoms with van der Waals surface area (Å²) in [6, 6.07) is 18.7. The van der Waals surface area contributed by atoms with Crippen molar-refractivity contribution in [2.45, 2.75) is 89.7 Å². The highest BCUT2D eigenvalue weighted by Gasteiger charge is 2.35. The average Bonchev–Trinajstić information content (AvgIpc) is 3.02. The molecule has 0 aliphatic heterocycles. The quantitative estimate of drug-likeness (QED) is 0.266. The number of methoxy groups -OCH3 is 1. The standard InChI is InChI=1S/C35H45N3O5S/c1-6-32(35(40)36-29-14-8-7-9-15-29)37(23-28-13-11-16-30(22-28)43-5)34(39)24-38(33-17-10-12-26(3)27(33)4)44(41,42)31-20-18-25(2)19-21-31/h10-13,16-22,29,32H,6-9,14-15,23-24H2,1-5H3,(H,36,40). The van der Waals surface area contributed by atoms with Crippen LogP contribution in [0.3, 0.4) is 0 Å². The number of nitrogens with one attached hydrogen (secondary N) is 1. The third kappa shape index (κ3) is 7.80. The highest BCUT2D eigenvalue weighted by atomic mass is 32.2. The van der Waals surface area contributed by atoms with E-state index in [0.717, 1.165) is 54.4 Å². The third-order valence-electron chi connectivity index (χ3n) is 8.56. The predicted molar refractivity (Wildman–Crippen MR) is 174 cm³/mol. The van der Waals surface area contributed by atoms with Gasteiger partial charge in [-0.3, -0.25) is 13.9 Å². The van der Waals surface area contributed by atoms with Crippen LogP contribution >= 0.6 is 0 Å². The number of anilines is 1. The van der Waals surface area contributed by atoms with Crippen molar-refractivity contribution in [2.24, 2.45) is 0 Å². The lowest BCUT2D eigenvalue weighted by Crippen LogP contribution is -2.54. The summed E-state index contributed by atoms with van der Waals surface area (Å²) < 4.78 is 35.0. The molecule has 1 N–H and O–H groups in total. The second-order valence-electron chi connectivity index (χ2n) is 11.7. The van der Waals surface area contributed by atoms with Crippen LogP contribution in [-0.4, -0.2) is 50.9 Å². The molecule has 8 nitrogen and oxygen atoms in total. The largest absolute Gasteiger partial charge is 0.497 e. The van der Waals surface area contributed by atoms with Gasteiger partial charge in [0.25, 0.3) is 10.0 Å². The van der Waals surface area contributed by atoms with E-state index in [9.17, 15) is 18.0 Å². The van der Waals surface area contributed by atoms with Gasteiger partial charge in [-0.05, 0) is 87.1 Å². The zero-order chi connectivity index (χ0) is 31.9. The van der Waals surface area contributed by atoms with E-state index < -0.39 is 28.5 Å². The Bertz CT molecular complexity index is 1550. The number of hydrogen-bond acceptors (Lipinski definition) is 5. The van der Waals surface area contributed by atoms with Gasteiger partial charge >= 0.3 is 0 Å². The Kier molecular flexibility index (Phi) is 11.1. The summed E-state index contributed by atoms with van der Waals surface area (Å²) >= 11 is 0. The first-order valence-corrected chi connectivity index (χ1v) is 16.9. The minimum absolute atomic E-state index is 0.0763. The Balaban J connectivity index is 1.75. The predicted octanol–water partition coefficient (Wildman–Crippen LogP) is 6.07. The second-order valence-corrected chi connectivity index (χ2v) is 13.5. The number of carbonyl (C=O) groups excluding carboxylic acids is 2. The summed E-state index contributed by atoms with van der Waals surface area (Å²) in [5.74, 6) is -0.0426. The maximum Gasteiger partial charge on any atom is 0.264 e. The van der Waals surface area contributed by atoms with Gasteiger partial charge < -0.3 is 15.0 Å². The molecule has 236 valence electrons. The highest BCUT2D eigenvalue weighted by Crippen LogP contribution is 2.30. The van der Waals surface area contributed by atoms with E-state index in [1.807, 2.05) is 58.0 Å². The molecule has 3 aromatic carbocycles. The first kappa shape index (κ1) is 33.1. The fraction of sp³-hybridized carbons (Fsp3) is 0.429. The number of aryl methyl sites for hydroxylation is 2. The van der Waals surface area contributed by atoms with Gasteiger partial charge in [-0.1, -0.05) is 68.1 Å². The van der Waals surface area contributed by atoms with Gasteiger partial charge in [-0.2, -0.15) is 0 Å². The summed E-state index contributed by atoms with van der Waals surface area (Å²) in [6.07, 6.45) is 5.50. The van der Waals surface area contributed by atoms with Crippen molar-refractivity contribution >= 4 is 27.5 Å². The van der Waals surface area contributed by atoms with Crippen LogP contribution in [0.5, 0.6) is 5.75 Å². The lowest BCUT2D eigenvalue weighted by atomic mass is 9.95. The maximum absolute atomic E-state index is 14.4. The molecular weight excluding hydrogens is 574 g/mol. The topological polar surface area (TPSA) is 96.0 Å². The average molecular weight is 620 g/mol. The molecule has 1 atom stereocenters. The molecule has 1 aliphatic rings. The third-order valence-corrected chi connectivity index (χ3v) is 10.3. The summed E-state index contributed by atoms with van der Waals surface area (Å²) in [7, 11) is -2.56. The van der Waals surface area contributed by atoms with E-state index in [2.05, 4.69) is 5.32 Å². The Morgan fingerprint density at radius 3 is 2.30 bits per heavy atom. The van der Waals surface area contributed by atoms with Crippen LogP contribution in [0.1, 0.15) is 67.7 Å². The van der Waals surface area contributed by atoms with Gasteiger partial charge in [-0.15, -0.1) is 0 Å². The molecule has 1 unspecified atom stereocenters. The van der Waals surface area contributed by atoms with Crippen LogP contribution in [0, 0.1) is 20.8 Å². The van der Waals surface area contributed by atoms with Gasteiger partial charge in [0.15, 0.2) is 0 Å². The van der Waals surface area contributed by atoms with Crippen LogP contribution in [0.15, 0.2) is 71.6 Å². The number of benzene rings is 3. The molecule has 3 aromatic rings. The highest BCUT2D eigenvalue weighted by molar-refractivity contribution is 7.92. The van der Waals surface area contributed by atoms with Crippen molar-refractivity contribution in [3.63, 3.8) is 0 Å². The van der Waals surface area contributed by atoms with Crippen molar-refractivity contribution in [3.8, 4) is 5.75 Å². The van der Waals surface area contributed by atoms with E-state index in [1.54, 1.807) is 43.5 Å². The molecule has 4 rings (SSSR count). The summed E-state index contributed by atoms with van der Waals surface area (Å²) in [5.41, 5.74) is 3.81. The van der Waals surface area contributed by atoms with Crippen LogP contribution in [0.25, 0.3) is 0 Å². The number of sulfonamides is 1. The fourth-order valence-electron chi connectivity index (χ4n) is 5.79. The van der Waals surface area contributed by atoms with Crippen molar-refractivity contribution < 1.29 is 22.7 Å². The minimum Gasteiger partial charge on any atom is -0.497 e. The molecule has 0 aromatic heterocycles. The van der Waals surface area contributed by atoms with Gasteiger partial charge in [0.05, 0.1) is 17.7 Å². The molecule has 44 heavy (non-hydrogen) atoms. The SMILES string of the molecule is CCC(C(=O)NC1CCCCC1)N(Cc1cccc(OC)c1)C(=O)CN(c1cccc(C)c1C)S(=O)(=O)c1ccc(C)cc1. The van der Waals surface area contributed by atoms with Gasteiger partial charge in [-0.25, -0.2) is 8.42 Å². The van der Waals surface area contributed by atoms with Crippen LogP contribution in [0.2, 0.25) is 0 Å². The Morgan fingerprint density at radius 1 is 0.955 bits per heavy atom.